The van der Waals surface area contributed by atoms with Crippen molar-refractivity contribution < 1.29 is 4.39 Å². The molecule has 1 aliphatic rings. The average Bonchev–Trinajstić information content (AvgIpc) is 3.02. The quantitative estimate of drug-likeness (QED) is 0.729. The molecule has 0 N–H and O–H groups in total. The van der Waals surface area contributed by atoms with E-state index in [-0.39, 0.29) is 0 Å². The van der Waals surface area contributed by atoms with E-state index in [1.807, 2.05) is 29.8 Å². The van der Waals surface area contributed by atoms with Crippen LogP contribution >= 0.6 is 0 Å². The summed E-state index contributed by atoms with van der Waals surface area (Å²) in [5, 5.41) is 8.06. The summed E-state index contributed by atoms with van der Waals surface area (Å²) in [6.45, 7) is 1.54. The third kappa shape index (κ3) is 1.93. The smallest absolute Gasteiger partial charge is 0.137 e. The highest BCUT2D eigenvalue weighted by molar-refractivity contribution is 5.71. The van der Waals surface area contributed by atoms with Crippen LogP contribution in [0.2, 0.25) is 0 Å². The normalized spacial score (nSPS) is 12.8. The molecule has 5 heteroatoms. The van der Waals surface area contributed by atoms with Gasteiger partial charge >= 0.3 is 0 Å². The fourth-order valence-corrected chi connectivity index (χ4v) is 3.15. The molecule has 0 amide bonds. The maximum absolute atomic E-state index is 13.6. The monoisotopic (exact) mass is 294 g/mol. The summed E-state index contributed by atoms with van der Waals surface area (Å²) in [6.07, 6.45) is 6.96. The summed E-state index contributed by atoms with van der Waals surface area (Å²) in [5.74, 6) is 0.896. The molecule has 0 bridgehead atoms. The molecule has 0 saturated heterocycles. The molecule has 4 rings (SSSR count). The largest absolute Gasteiger partial charge is 0.285 e. The number of alkyl halides is 1. The first kappa shape index (κ1) is 13.1. The highest BCUT2D eigenvalue weighted by atomic mass is 19.1. The second-order valence-electron chi connectivity index (χ2n) is 5.58. The molecule has 0 fully saturated rings. The van der Waals surface area contributed by atoms with E-state index in [0.717, 1.165) is 46.6 Å². The Kier molecular flexibility index (Phi) is 2.99. The van der Waals surface area contributed by atoms with Crippen LogP contribution in [0.5, 0.6) is 0 Å². The van der Waals surface area contributed by atoms with E-state index in [9.17, 15) is 4.39 Å². The summed E-state index contributed by atoms with van der Waals surface area (Å²) in [7, 11) is 0. The van der Waals surface area contributed by atoms with Gasteiger partial charge in [-0.2, -0.15) is 0 Å². The van der Waals surface area contributed by atoms with Crippen molar-refractivity contribution in [3.8, 4) is 16.8 Å². The molecule has 0 spiro atoms. The Bertz CT molecular complexity index is 836. The molecule has 0 radical (unpaired) electrons. The SMILES string of the molecule is Cc1ccncc1-c1cc(CF)c2c(c1)CCc1nncn1-2. The Labute approximate surface area is 127 Å². The van der Waals surface area contributed by atoms with Crippen molar-refractivity contribution in [1.29, 1.82) is 0 Å². The summed E-state index contributed by atoms with van der Waals surface area (Å²) in [6, 6.07) is 6.03. The van der Waals surface area contributed by atoms with Gasteiger partial charge in [0.2, 0.25) is 0 Å². The van der Waals surface area contributed by atoms with E-state index in [2.05, 4.69) is 21.2 Å². The number of halogens is 1. The Morgan fingerprint density at radius 2 is 2.18 bits per heavy atom. The minimum absolute atomic E-state index is 0.507. The third-order valence-corrected chi connectivity index (χ3v) is 4.24. The molecule has 110 valence electrons. The van der Waals surface area contributed by atoms with Crippen LogP contribution in [0.15, 0.2) is 36.9 Å². The second kappa shape index (κ2) is 5.02. The Morgan fingerprint density at radius 3 is 3.00 bits per heavy atom. The van der Waals surface area contributed by atoms with Gasteiger partial charge in [0.1, 0.15) is 18.8 Å². The molecule has 0 saturated carbocycles. The van der Waals surface area contributed by atoms with Crippen LogP contribution < -0.4 is 0 Å². The fourth-order valence-electron chi connectivity index (χ4n) is 3.15. The first-order valence-corrected chi connectivity index (χ1v) is 7.30. The van der Waals surface area contributed by atoms with Crippen molar-refractivity contribution in [2.75, 3.05) is 0 Å². The van der Waals surface area contributed by atoms with E-state index in [1.54, 1.807) is 12.5 Å². The lowest BCUT2D eigenvalue weighted by molar-refractivity contribution is 0.483. The van der Waals surface area contributed by atoms with Gasteiger partial charge in [0.25, 0.3) is 0 Å². The minimum atomic E-state index is -0.507. The van der Waals surface area contributed by atoms with Crippen molar-refractivity contribution in [3.63, 3.8) is 0 Å². The van der Waals surface area contributed by atoms with E-state index in [1.165, 1.54) is 0 Å². The van der Waals surface area contributed by atoms with Crippen LogP contribution in [0, 0.1) is 6.92 Å². The molecular formula is C17H15FN4. The molecule has 0 unspecified atom stereocenters. The van der Waals surface area contributed by atoms with Crippen LogP contribution in [0.3, 0.4) is 0 Å². The molecule has 22 heavy (non-hydrogen) atoms. The fraction of sp³-hybridized carbons (Fsp3) is 0.235. The Hall–Kier alpha value is -2.56. The highest BCUT2D eigenvalue weighted by Gasteiger charge is 2.21. The summed E-state index contributed by atoms with van der Waals surface area (Å²) in [5.41, 5.74) is 5.93. The molecule has 1 aliphatic heterocycles. The van der Waals surface area contributed by atoms with Crippen molar-refractivity contribution in [1.82, 2.24) is 19.7 Å². The number of pyridine rings is 1. The predicted molar refractivity (Wildman–Crippen MR) is 81.5 cm³/mol. The number of nitrogens with zero attached hydrogens (tertiary/aromatic N) is 4. The lowest BCUT2D eigenvalue weighted by atomic mass is 9.93. The number of rotatable bonds is 2. The first-order chi connectivity index (χ1) is 10.8. The number of hydrogen-bond donors (Lipinski definition) is 0. The van der Waals surface area contributed by atoms with E-state index in [4.69, 9.17) is 0 Å². The summed E-state index contributed by atoms with van der Waals surface area (Å²) < 4.78 is 15.6. The Balaban J connectivity index is 1.95. The zero-order valence-corrected chi connectivity index (χ0v) is 12.3. The molecule has 1 aromatic carbocycles. The average molecular weight is 294 g/mol. The van der Waals surface area contributed by atoms with Gasteiger partial charge in [-0.15, -0.1) is 10.2 Å². The number of aromatic nitrogens is 4. The lowest BCUT2D eigenvalue weighted by Crippen LogP contribution is -2.14. The van der Waals surface area contributed by atoms with Crippen LogP contribution in [-0.4, -0.2) is 19.7 Å². The highest BCUT2D eigenvalue weighted by Crippen LogP contribution is 2.33. The number of aryl methyl sites for hydroxylation is 3. The Morgan fingerprint density at radius 1 is 1.27 bits per heavy atom. The first-order valence-electron chi connectivity index (χ1n) is 7.30. The molecule has 0 aliphatic carbocycles. The molecule has 0 atom stereocenters. The summed E-state index contributed by atoms with van der Waals surface area (Å²) in [4.78, 5) is 4.20. The topological polar surface area (TPSA) is 43.6 Å². The molecule has 4 nitrogen and oxygen atoms in total. The van der Waals surface area contributed by atoms with Gasteiger partial charge in [-0.25, -0.2) is 4.39 Å². The maximum atomic E-state index is 13.6. The lowest BCUT2D eigenvalue weighted by Gasteiger charge is -2.22. The van der Waals surface area contributed by atoms with Crippen LogP contribution in [0.4, 0.5) is 4.39 Å². The minimum Gasteiger partial charge on any atom is -0.285 e. The second-order valence-corrected chi connectivity index (χ2v) is 5.58. The number of hydrogen-bond acceptors (Lipinski definition) is 3. The maximum Gasteiger partial charge on any atom is 0.137 e. The zero-order chi connectivity index (χ0) is 15.1. The molecular weight excluding hydrogens is 279 g/mol. The van der Waals surface area contributed by atoms with Gasteiger partial charge in [0.05, 0.1) is 5.69 Å². The van der Waals surface area contributed by atoms with E-state index < -0.39 is 6.67 Å². The molecule has 3 heterocycles. The van der Waals surface area contributed by atoms with Gasteiger partial charge in [-0.3, -0.25) is 9.55 Å². The standard InChI is InChI=1S/C17H15FN4/c1-11-4-5-19-9-15(11)13-6-12-2-3-16-21-20-10-22(16)17(12)14(7-13)8-18/h4-7,9-10H,2-3,8H2,1H3. The van der Waals surface area contributed by atoms with Gasteiger partial charge < -0.3 is 0 Å². The molecule has 3 aromatic rings. The van der Waals surface area contributed by atoms with E-state index in [0.29, 0.717) is 5.56 Å². The van der Waals surface area contributed by atoms with Crippen molar-refractivity contribution in [2.45, 2.75) is 26.4 Å². The van der Waals surface area contributed by atoms with Crippen molar-refractivity contribution in [3.05, 3.63) is 59.4 Å². The van der Waals surface area contributed by atoms with Crippen molar-refractivity contribution >= 4 is 0 Å². The zero-order valence-electron chi connectivity index (χ0n) is 12.3. The van der Waals surface area contributed by atoms with Crippen LogP contribution in [0.1, 0.15) is 22.5 Å². The van der Waals surface area contributed by atoms with Crippen LogP contribution in [-0.2, 0) is 19.5 Å². The van der Waals surface area contributed by atoms with Gasteiger partial charge in [-0.1, -0.05) is 0 Å². The summed E-state index contributed by atoms with van der Waals surface area (Å²) >= 11 is 0. The van der Waals surface area contributed by atoms with Crippen molar-refractivity contribution in [2.24, 2.45) is 0 Å². The molecule has 2 aromatic heterocycles. The van der Waals surface area contributed by atoms with E-state index >= 15 is 0 Å². The number of fused-ring (bicyclic) bond motifs is 3. The van der Waals surface area contributed by atoms with Gasteiger partial charge in [-0.05, 0) is 48.2 Å². The number of benzene rings is 1. The van der Waals surface area contributed by atoms with Gasteiger partial charge in [0.15, 0.2) is 0 Å². The third-order valence-electron chi connectivity index (χ3n) is 4.24. The predicted octanol–water partition coefficient (Wildman–Crippen LogP) is 3.21. The van der Waals surface area contributed by atoms with Gasteiger partial charge in [0, 0.05) is 29.9 Å². The van der Waals surface area contributed by atoms with Crippen LogP contribution in [0.25, 0.3) is 16.8 Å².